The number of hydrogen-bond donors (Lipinski definition) is 2. The molecule has 7 nitrogen and oxygen atoms in total. The fraction of sp³-hybridized carbons (Fsp3) is 0.200. The van der Waals surface area contributed by atoms with Crippen LogP contribution in [0.5, 0.6) is 0 Å². The summed E-state index contributed by atoms with van der Waals surface area (Å²) < 4.78 is 16.2. The molecule has 10 heteroatoms. The molecule has 1 atom stereocenters. The molecule has 3 N–H and O–H groups in total. The van der Waals surface area contributed by atoms with Crippen LogP contribution in [0.1, 0.15) is 18.5 Å². The first-order chi connectivity index (χ1) is 11.5. The number of benzene rings is 1. The van der Waals surface area contributed by atoms with Gasteiger partial charge in [-0.25, -0.2) is 14.4 Å². The minimum atomic E-state index is -0.606. The van der Waals surface area contributed by atoms with Crippen molar-refractivity contribution in [1.82, 2.24) is 24.7 Å². The van der Waals surface area contributed by atoms with Crippen molar-refractivity contribution in [2.45, 2.75) is 13.0 Å². The minimum Gasteiger partial charge on any atom is -0.324 e. The zero-order valence-electron chi connectivity index (χ0n) is 13.4. The molecule has 0 amide bonds. The molecule has 0 radical (unpaired) electrons. The van der Waals surface area contributed by atoms with Gasteiger partial charge in [0.2, 0.25) is 5.95 Å². The summed E-state index contributed by atoms with van der Waals surface area (Å²) in [6.45, 7) is 1.74. The number of nitrogens with one attached hydrogen (secondary N) is 1. The SMILES string of the molecule is C[C@@H](N)c1ccc(-c2ncnc(Nc3cnn(C)c3)n2)c(F)c1Cl.Cl. The molecule has 3 aromatic rings. The highest BCUT2D eigenvalue weighted by Crippen LogP contribution is 2.31. The summed E-state index contributed by atoms with van der Waals surface area (Å²) in [4.78, 5) is 12.3. The second-order valence-corrected chi connectivity index (χ2v) is 5.66. The molecule has 0 saturated heterocycles. The van der Waals surface area contributed by atoms with E-state index in [-0.39, 0.29) is 40.8 Å². The van der Waals surface area contributed by atoms with Crippen LogP contribution in [0.2, 0.25) is 5.02 Å². The number of aromatic nitrogens is 5. The van der Waals surface area contributed by atoms with Gasteiger partial charge in [-0.3, -0.25) is 4.68 Å². The van der Waals surface area contributed by atoms with Gasteiger partial charge in [0.1, 0.15) is 6.33 Å². The van der Waals surface area contributed by atoms with Gasteiger partial charge < -0.3 is 11.1 Å². The lowest BCUT2D eigenvalue weighted by Gasteiger charge is -2.11. The summed E-state index contributed by atoms with van der Waals surface area (Å²) in [5.74, 6) is -0.156. The quantitative estimate of drug-likeness (QED) is 0.717. The second kappa shape index (κ2) is 7.73. The van der Waals surface area contributed by atoms with Crippen LogP contribution >= 0.6 is 24.0 Å². The lowest BCUT2D eigenvalue weighted by atomic mass is 10.1. The number of aryl methyl sites for hydroxylation is 1. The fourth-order valence-electron chi connectivity index (χ4n) is 2.19. The zero-order valence-corrected chi connectivity index (χ0v) is 15.0. The molecule has 2 aromatic heterocycles. The Hall–Kier alpha value is -2.29. The molecule has 0 aliphatic carbocycles. The predicted octanol–water partition coefficient (Wildman–Crippen LogP) is 3.25. The summed E-state index contributed by atoms with van der Waals surface area (Å²) in [5, 5.41) is 6.99. The van der Waals surface area contributed by atoms with Crippen molar-refractivity contribution in [2.75, 3.05) is 5.32 Å². The molecule has 0 spiro atoms. The van der Waals surface area contributed by atoms with Crippen molar-refractivity contribution in [1.29, 1.82) is 0 Å². The highest BCUT2D eigenvalue weighted by molar-refractivity contribution is 6.31. The van der Waals surface area contributed by atoms with Gasteiger partial charge in [-0.05, 0) is 18.6 Å². The van der Waals surface area contributed by atoms with Gasteiger partial charge in [0.15, 0.2) is 11.6 Å². The third-order valence-corrected chi connectivity index (χ3v) is 3.76. The van der Waals surface area contributed by atoms with E-state index in [1.165, 1.54) is 6.33 Å². The lowest BCUT2D eigenvalue weighted by molar-refractivity contribution is 0.625. The predicted molar refractivity (Wildman–Crippen MR) is 96.6 cm³/mol. The molecule has 25 heavy (non-hydrogen) atoms. The summed E-state index contributed by atoms with van der Waals surface area (Å²) >= 11 is 6.06. The van der Waals surface area contributed by atoms with Crippen molar-refractivity contribution in [3.63, 3.8) is 0 Å². The smallest absolute Gasteiger partial charge is 0.230 e. The van der Waals surface area contributed by atoms with E-state index in [0.29, 0.717) is 11.3 Å². The van der Waals surface area contributed by atoms with E-state index in [1.807, 2.05) is 0 Å². The maximum atomic E-state index is 14.5. The Labute approximate surface area is 154 Å². The molecule has 1 aromatic carbocycles. The van der Waals surface area contributed by atoms with Crippen LogP contribution < -0.4 is 11.1 Å². The number of anilines is 2. The van der Waals surface area contributed by atoms with Crippen LogP contribution in [-0.4, -0.2) is 24.7 Å². The van der Waals surface area contributed by atoms with Gasteiger partial charge in [-0.1, -0.05) is 17.7 Å². The first kappa shape index (κ1) is 19.0. The number of rotatable bonds is 4. The zero-order chi connectivity index (χ0) is 17.3. The van der Waals surface area contributed by atoms with Crippen molar-refractivity contribution in [3.05, 3.63) is 47.3 Å². The Morgan fingerprint density at radius 3 is 2.72 bits per heavy atom. The minimum absolute atomic E-state index is 0. The molecule has 0 saturated carbocycles. The van der Waals surface area contributed by atoms with Crippen molar-refractivity contribution < 1.29 is 4.39 Å². The molecule has 3 rings (SSSR count). The monoisotopic (exact) mass is 383 g/mol. The second-order valence-electron chi connectivity index (χ2n) is 5.28. The van der Waals surface area contributed by atoms with E-state index in [2.05, 4.69) is 25.4 Å². The third kappa shape index (κ3) is 4.04. The normalized spacial score (nSPS) is 11.7. The Kier molecular flexibility index (Phi) is 5.89. The van der Waals surface area contributed by atoms with Crippen molar-refractivity contribution in [3.8, 4) is 11.4 Å². The van der Waals surface area contributed by atoms with Gasteiger partial charge >= 0.3 is 0 Å². The maximum absolute atomic E-state index is 14.5. The van der Waals surface area contributed by atoms with E-state index in [9.17, 15) is 4.39 Å². The summed E-state index contributed by atoms with van der Waals surface area (Å²) in [5.41, 5.74) is 7.19. The first-order valence-corrected chi connectivity index (χ1v) is 7.52. The average Bonchev–Trinajstić information content (AvgIpc) is 2.95. The Bertz CT molecular complexity index is 882. The van der Waals surface area contributed by atoms with E-state index >= 15 is 0 Å². The summed E-state index contributed by atoms with van der Waals surface area (Å²) in [7, 11) is 1.79. The highest BCUT2D eigenvalue weighted by atomic mass is 35.5. The number of halogens is 3. The van der Waals surface area contributed by atoms with Gasteiger partial charge in [0.05, 0.1) is 22.5 Å². The van der Waals surface area contributed by atoms with E-state index in [0.717, 1.165) is 0 Å². The van der Waals surface area contributed by atoms with Crippen LogP contribution in [0.3, 0.4) is 0 Å². The standard InChI is InChI=1S/C15H15ClFN7.ClH/c1-8(18)10-3-4-11(13(17)12(10)16)14-19-7-20-15(23-14)22-9-5-21-24(2)6-9;/h3-8H,18H2,1-2H3,(H,19,20,22,23);1H/t8-;/m1./s1. The highest BCUT2D eigenvalue weighted by Gasteiger charge is 2.17. The Balaban J connectivity index is 0.00000225. The maximum Gasteiger partial charge on any atom is 0.230 e. The molecule has 2 heterocycles. The molecule has 0 bridgehead atoms. The third-order valence-electron chi connectivity index (χ3n) is 3.38. The van der Waals surface area contributed by atoms with Crippen LogP contribution in [-0.2, 0) is 7.05 Å². The van der Waals surface area contributed by atoms with E-state index in [4.69, 9.17) is 17.3 Å². The molecule has 0 aliphatic heterocycles. The van der Waals surface area contributed by atoms with Crippen LogP contribution in [0.4, 0.5) is 16.0 Å². The summed E-state index contributed by atoms with van der Waals surface area (Å²) in [6, 6.07) is 2.86. The van der Waals surface area contributed by atoms with Crippen LogP contribution in [0.25, 0.3) is 11.4 Å². The largest absolute Gasteiger partial charge is 0.324 e. The lowest BCUT2D eigenvalue weighted by Crippen LogP contribution is -2.07. The molecule has 0 fully saturated rings. The van der Waals surface area contributed by atoms with Crippen molar-refractivity contribution in [2.24, 2.45) is 12.8 Å². The summed E-state index contributed by atoms with van der Waals surface area (Å²) in [6.07, 6.45) is 4.69. The fourth-order valence-corrected chi connectivity index (χ4v) is 2.53. The topological polar surface area (TPSA) is 94.5 Å². The van der Waals surface area contributed by atoms with Gasteiger partial charge in [0, 0.05) is 19.3 Å². The van der Waals surface area contributed by atoms with Crippen molar-refractivity contribution >= 4 is 35.6 Å². The average molecular weight is 384 g/mol. The van der Waals surface area contributed by atoms with E-state index < -0.39 is 5.82 Å². The molecular weight excluding hydrogens is 368 g/mol. The first-order valence-electron chi connectivity index (χ1n) is 7.14. The molecular formula is C15H16Cl2FN7. The number of hydrogen-bond acceptors (Lipinski definition) is 6. The molecule has 132 valence electrons. The van der Waals surface area contributed by atoms with Gasteiger partial charge in [-0.2, -0.15) is 10.1 Å². The van der Waals surface area contributed by atoms with Crippen LogP contribution in [0, 0.1) is 5.82 Å². The van der Waals surface area contributed by atoms with E-state index in [1.54, 1.807) is 43.2 Å². The molecule has 0 aliphatic rings. The number of nitrogens with zero attached hydrogens (tertiary/aromatic N) is 5. The van der Waals surface area contributed by atoms with Gasteiger partial charge in [0.25, 0.3) is 0 Å². The molecule has 0 unspecified atom stereocenters. The van der Waals surface area contributed by atoms with Gasteiger partial charge in [-0.15, -0.1) is 12.4 Å². The number of nitrogens with two attached hydrogens (primary N) is 1. The Morgan fingerprint density at radius 1 is 1.32 bits per heavy atom. The van der Waals surface area contributed by atoms with Crippen LogP contribution in [0.15, 0.2) is 30.9 Å². The Morgan fingerprint density at radius 2 is 2.08 bits per heavy atom.